The Morgan fingerprint density at radius 1 is 1.38 bits per heavy atom. The van der Waals surface area contributed by atoms with Crippen molar-refractivity contribution in [3.05, 3.63) is 24.3 Å². The van der Waals surface area contributed by atoms with E-state index in [1.807, 2.05) is 6.92 Å². The highest BCUT2D eigenvalue weighted by atomic mass is 14.6. The van der Waals surface area contributed by atoms with E-state index in [-0.39, 0.29) is 0 Å². The van der Waals surface area contributed by atoms with Crippen LogP contribution in [-0.2, 0) is 0 Å². The first-order valence-corrected chi connectivity index (χ1v) is 5.10. The lowest BCUT2D eigenvalue weighted by Gasteiger charge is -2.06. The van der Waals surface area contributed by atoms with Crippen LogP contribution in [0.2, 0.25) is 0 Å². The molecular formula is C12H23N. The van der Waals surface area contributed by atoms with Gasteiger partial charge in [0.1, 0.15) is 0 Å². The summed E-state index contributed by atoms with van der Waals surface area (Å²) in [5.74, 6) is 0.603. The highest BCUT2D eigenvalue weighted by molar-refractivity contribution is 4.98. The molecule has 0 aliphatic carbocycles. The van der Waals surface area contributed by atoms with Crippen molar-refractivity contribution < 1.29 is 0 Å². The molecular weight excluding hydrogens is 158 g/mol. The van der Waals surface area contributed by atoms with Crippen molar-refractivity contribution in [2.75, 3.05) is 0 Å². The molecule has 0 aromatic rings. The molecule has 1 nitrogen and oxygen atoms in total. The third kappa shape index (κ3) is 7.79. The minimum absolute atomic E-state index is 0.322. The molecule has 0 fully saturated rings. The van der Waals surface area contributed by atoms with Gasteiger partial charge in [-0.05, 0) is 39.0 Å². The Hall–Kier alpha value is -0.560. The Kier molecular flexibility index (Phi) is 6.61. The Morgan fingerprint density at radius 3 is 2.46 bits per heavy atom. The van der Waals surface area contributed by atoms with E-state index in [1.165, 1.54) is 5.57 Å². The Balaban J connectivity index is 3.46. The largest absolute Gasteiger partial charge is 0.328 e. The third-order valence-corrected chi connectivity index (χ3v) is 2.29. The van der Waals surface area contributed by atoms with Crippen LogP contribution < -0.4 is 5.73 Å². The summed E-state index contributed by atoms with van der Waals surface area (Å²) in [6.45, 7) is 10.3. The molecule has 0 aliphatic heterocycles. The lowest BCUT2D eigenvalue weighted by Crippen LogP contribution is -2.13. The molecule has 13 heavy (non-hydrogen) atoms. The minimum Gasteiger partial charge on any atom is -0.328 e. The quantitative estimate of drug-likeness (QED) is 0.625. The predicted octanol–water partition coefficient (Wildman–Crippen LogP) is 3.27. The van der Waals surface area contributed by atoms with Crippen LogP contribution in [0, 0.1) is 5.92 Å². The second kappa shape index (κ2) is 6.90. The normalized spacial score (nSPS) is 16.0. The molecule has 0 aromatic heterocycles. The van der Waals surface area contributed by atoms with E-state index in [4.69, 9.17) is 5.73 Å². The van der Waals surface area contributed by atoms with Crippen LogP contribution in [0.5, 0.6) is 0 Å². The average molecular weight is 181 g/mol. The summed E-state index contributed by atoms with van der Waals surface area (Å²) in [7, 11) is 0. The smallest absolute Gasteiger partial charge is 0.00134 e. The highest BCUT2D eigenvalue weighted by Gasteiger charge is 1.97. The average Bonchev–Trinajstić information content (AvgIpc) is 2.02. The molecule has 2 unspecified atom stereocenters. The van der Waals surface area contributed by atoms with Crippen molar-refractivity contribution in [3.63, 3.8) is 0 Å². The van der Waals surface area contributed by atoms with Gasteiger partial charge >= 0.3 is 0 Å². The van der Waals surface area contributed by atoms with Crippen molar-refractivity contribution in [2.24, 2.45) is 11.7 Å². The second-order valence-electron chi connectivity index (χ2n) is 4.01. The van der Waals surface area contributed by atoms with Gasteiger partial charge in [0, 0.05) is 6.04 Å². The maximum absolute atomic E-state index is 5.63. The van der Waals surface area contributed by atoms with Crippen molar-refractivity contribution in [1.82, 2.24) is 0 Å². The molecule has 0 aromatic carbocycles. The minimum atomic E-state index is 0.322. The van der Waals surface area contributed by atoms with Gasteiger partial charge in [-0.25, -0.2) is 0 Å². The summed E-state index contributed by atoms with van der Waals surface area (Å²) in [5, 5.41) is 0. The van der Waals surface area contributed by atoms with E-state index < -0.39 is 0 Å². The molecule has 2 N–H and O–H groups in total. The molecule has 0 bridgehead atoms. The van der Waals surface area contributed by atoms with Crippen LogP contribution >= 0.6 is 0 Å². The van der Waals surface area contributed by atoms with E-state index in [0.717, 1.165) is 19.3 Å². The monoisotopic (exact) mass is 181 g/mol. The van der Waals surface area contributed by atoms with Gasteiger partial charge in [0.2, 0.25) is 0 Å². The zero-order valence-corrected chi connectivity index (χ0v) is 9.22. The van der Waals surface area contributed by atoms with Crippen LogP contribution in [0.15, 0.2) is 24.3 Å². The van der Waals surface area contributed by atoms with Crippen LogP contribution in [-0.4, -0.2) is 6.04 Å². The van der Waals surface area contributed by atoms with Gasteiger partial charge in [0.05, 0.1) is 0 Å². The summed E-state index contributed by atoms with van der Waals surface area (Å²) in [4.78, 5) is 0. The third-order valence-electron chi connectivity index (χ3n) is 2.29. The number of nitrogens with two attached hydrogens (primary N) is 1. The fourth-order valence-corrected chi connectivity index (χ4v) is 0.979. The Bertz CT molecular complexity index is 168. The molecule has 0 saturated carbocycles. The molecule has 0 amide bonds. The lowest BCUT2D eigenvalue weighted by atomic mass is 10.0. The second-order valence-corrected chi connectivity index (χ2v) is 4.01. The molecule has 1 heteroatoms. The fourth-order valence-electron chi connectivity index (χ4n) is 0.979. The van der Waals surface area contributed by atoms with Gasteiger partial charge in [-0.1, -0.05) is 31.2 Å². The molecule has 0 saturated heterocycles. The summed E-state index contributed by atoms with van der Waals surface area (Å²) in [5.41, 5.74) is 6.90. The number of hydrogen-bond donors (Lipinski definition) is 1. The van der Waals surface area contributed by atoms with Gasteiger partial charge in [-0.2, -0.15) is 0 Å². The predicted molar refractivity (Wildman–Crippen MR) is 60.6 cm³/mol. The standard InChI is InChI=1S/C12H23N/c1-10(2)11(3)8-6-5-7-9-12(4)13/h5-6,11-12H,1,7-9,13H2,2-4H3/b6-5-. The molecule has 0 aliphatic rings. The topological polar surface area (TPSA) is 26.0 Å². The summed E-state index contributed by atoms with van der Waals surface area (Å²) in [6, 6.07) is 0.322. The Morgan fingerprint density at radius 2 is 2.00 bits per heavy atom. The van der Waals surface area contributed by atoms with E-state index in [0.29, 0.717) is 12.0 Å². The summed E-state index contributed by atoms with van der Waals surface area (Å²) < 4.78 is 0. The number of rotatable bonds is 6. The molecule has 0 spiro atoms. The van der Waals surface area contributed by atoms with Gasteiger partial charge in [0.25, 0.3) is 0 Å². The summed E-state index contributed by atoms with van der Waals surface area (Å²) >= 11 is 0. The van der Waals surface area contributed by atoms with Crippen LogP contribution in [0.1, 0.15) is 40.0 Å². The zero-order chi connectivity index (χ0) is 10.3. The zero-order valence-electron chi connectivity index (χ0n) is 9.22. The first-order chi connectivity index (χ1) is 6.04. The van der Waals surface area contributed by atoms with E-state index in [2.05, 4.69) is 32.6 Å². The number of hydrogen-bond acceptors (Lipinski definition) is 1. The van der Waals surface area contributed by atoms with Crippen LogP contribution in [0.4, 0.5) is 0 Å². The number of allylic oxidation sites excluding steroid dienone is 3. The summed E-state index contributed by atoms with van der Waals surface area (Å²) in [6.07, 6.45) is 7.75. The highest BCUT2D eigenvalue weighted by Crippen LogP contribution is 2.12. The van der Waals surface area contributed by atoms with E-state index >= 15 is 0 Å². The first kappa shape index (κ1) is 12.4. The van der Waals surface area contributed by atoms with Crippen molar-refractivity contribution in [2.45, 2.75) is 46.1 Å². The van der Waals surface area contributed by atoms with Crippen molar-refractivity contribution in [1.29, 1.82) is 0 Å². The maximum atomic E-state index is 5.63. The van der Waals surface area contributed by atoms with Gasteiger partial charge < -0.3 is 5.73 Å². The maximum Gasteiger partial charge on any atom is 0.00134 e. The molecule has 0 heterocycles. The fraction of sp³-hybridized carbons (Fsp3) is 0.667. The van der Waals surface area contributed by atoms with Gasteiger partial charge in [0.15, 0.2) is 0 Å². The van der Waals surface area contributed by atoms with Crippen molar-refractivity contribution in [3.8, 4) is 0 Å². The SMILES string of the molecule is C=C(C)C(C)C/C=C\CCC(C)N. The van der Waals surface area contributed by atoms with Gasteiger partial charge in [-0.3, -0.25) is 0 Å². The first-order valence-electron chi connectivity index (χ1n) is 5.10. The van der Waals surface area contributed by atoms with Crippen LogP contribution in [0.3, 0.4) is 0 Å². The molecule has 0 radical (unpaired) electrons. The van der Waals surface area contributed by atoms with Gasteiger partial charge in [-0.15, -0.1) is 0 Å². The Labute approximate surface area is 82.7 Å². The van der Waals surface area contributed by atoms with Crippen LogP contribution in [0.25, 0.3) is 0 Å². The van der Waals surface area contributed by atoms with E-state index in [1.54, 1.807) is 0 Å². The molecule has 76 valence electrons. The van der Waals surface area contributed by atoms with E-state index in [9.17, 15) is 0 Å². The molecule has 2 atom stereocenters. The van der Waals surface area contributed by atoms with Crippen molar-refractivity contribution >= 4 is 0 Å². The molecule has 0 rings (SSSR count). The lowest BCUT2D eigenvalue weighted by molar-refractivity contribution is 0.668.